The number of nitrogens with zero attached hydrogens (tertiary/aromatic N) is 2. The summed E-state index contributed by atoms with van der Waals surface area (Å²) in [6, 6.07) is 3.23. The van der Waals surface area contributed by atoms with E-state index < -0.39 is 5.91 Å². The second kappa shape index (κ2) is 7.00. The van der Waals surface area contributed by atoms with Gasteiger partial charge in [-0.3, -0.25) is 24.1 Å². The van der Waals surface area contributed by atoms with Crippen LogP contribution in [0.2, 0.25) is 0 Å². The Balaban J connectivity index is 1.68. The van der Waals surface area contributed by atoms with Gasteiger partial charge in [0.25, 0.3) is 0 Å². The predicted octanol–water partition coefficient (Wildman–Crippen LogP) is 1.15. The first-order chi connectivity index (χ1) is 12.0. The van der Waals surface area contributed by atoms with Crippen molar-refractivity contribution in [1.29, 1.82) is 0 Å². The molecule has 8 nitrogen and oxygen atoms in total. The monoisotopic (exact) mass is 344 g/mol. The van der Waals surface area contributed by atoms with Gasteiger partial charge in [-0.15, -0.1) is 0 Å². The molecular formula is C17H20N4O4. The van der Waals surface area contributed by atoms with Crippen LogP contribution < -0.4 is 10.6 Å². The lowest BCUT2D eigenvalue weighted by atomic mass is 9.81. The molecule has 4 amide bonds. The largest absolute Gasteiger partial charge is 0.323 e. The highest BCUT2D eigenvalue weighted by molar-refractivity contribution is 6.09. The predicted molar refractivity (Wildman–Crippen MR) is 89.3 cm³/mol. The van der Waals surface area contributed by atoms with E-state index >= 15 is 0 Å². The van der Waals surface area contributed by atoms with Gasteiger partial charge in [0.15, 0.2) is 5.82 Å². The summed E-state index contributed by atoms with van der Waals surface area (Å²) >= 11 is 0. The molecule has 1 aromatic heterocycles. The third-order valence-corrected chi connectivity index (χ3v) is 4.61. The maximum absolute atomic E-state index is 12.4. The molecule has 132 valence electrons. The van der Waals surface area contributed by atoms with E-state index in [4.69, 9.17) is 0 Å². The third-order valence-electron chi connectivity index (χ3n) is 4.61. The number of carbonyl (C=O) groups excluding carboxylic acids is 4. The molecule has 2 N–H and O–H groups in total. The minimum Gasteiger partial charge on any atom is -0.323 e. The number of hydrogen-bond donors (Lipinski definition) is 2. The zero-order chi connectivity index (χ0) is 18.0. The first-order valence-corrected chi connectivity index (χ1v) is 8.35. The zero-order valence-electron chi connectivity index (χ0n) is 13.9. The average Bonchev–Trinajstić information content (AvgIpc) is 2.82. The molecule has 8 heteroatoms. The van der Waals surface area contributed by atoms with Crippen LogP contribution in [0.5, 0.6) is 0 Å². The highest BCUT2D eigenvalue weighted by Gasteiger charge is 2.48. The fourth-order valence-electron chi connectivity index (χ4n) is 3.50. The van der Waals surface area contributed by atoms with Crippen molar-refractivity contribution in [1.82, 2.24) is 9.88 Å². The molecule has 0 aromatic carbocycles. The van der Waals surface area contributed by atoms with Gasteiger partial charge in [-0.25, -0.2) is 4.98 Å². The van der Waals surface area contributed by atoms with E-state index in [1.165, 1.54) is 13.1 Å². The molecule has 25 heavy (non-hydrogen) atoms. The molecule has 2 atom stereocenters. The Kier molecular flexibility index (Phi) is 4.78. The summed E-state index contributed by atoms with van der Waals surface area (Å²) in [6.45, 7) is 1.02. The minimum absolute atomic E-state index is 0.180. The van der Waals surface area contributed by atoms with Crippen LogP contribution in [0.3, 0.4) is 0 Å². The molecule has 1 aliphatic carbocycles. The van der Waals surface area contributed by atoms with Crippen LogP contribution in [0.25, 0.3) is 0 Å². The fraction of sp³-hybridized carbons (Fsp3) is 0.471. The summed E-state index contributed by atoms with van der Waals surface area (Å²) in [4.78, 5) is 53.4. The molecule has 2 aliphatic rings. The number of rotatable bonds is 4. The van der Waals surface area contributed by atoms with E-state index in [9.17, 15) is 19.2 Å². The van der Waals surface area contributed by atoms with Crippen molar-refractivity contribution < 1.29 is 19.2 Å². The first kappa shape index (κ1) is 17.1. The van der Waals surface area contributed by atoms with Crippen molar-refractivity contribution in [3.63, 3.8) is 0 Å². The standard InChI is InChI=1S/C17H20N4O4/c1-10(22)19-13-7-4-8-18-15(13)20-14(23)9-21-16(24)11-5-2-3-6-12(11)17(21)25/h4,7-8,11-12H,2-3,5-6,9H2,1H3,(H,19,22)(H,18,20,23). The topological polar surface area (TPSA) is 108 Å². The number of likely N-dealkylation sites (tertiary alicyclic amines) is 1. The van der Waals surface area contributed by atoms with Crippen LogP contribution in [-0.2, 0) is 19.2 Å². The van der Waals surface area contributed by atoms with E-state index in [0.717, 1.165) is 17.7 Å². The first-order valence-electron chi connectivity index (χ1n) is 8.35. The van der Waals surface area contributed by atoms with Crippen LogP contribution in [-0.4, -0.2) is 40.1 Å². The summed E-state index contributed by atoms with van der Waals surface area (Å²) in [7, 11) is 0. The van der Waals surface area contributed by atoms with Crippen LogP contribution in [0.15, 0.2) is 18.3 Å². The quantitative estimate of drug-likeness (QED) is 0.797. The van der Waals surface area contributed by atoms with Crippen LogP contribution in [0, 0.1) is 11.8 Å². The van der Waals surface area contributed by atoms with E-state index in [2.05, 4.69) is 15.6 Å². The van der Waals surface area contributed by atoms with E-state index in [1.54, 1.807) is 12.1 Å². The molecule has 1 saturated carbocycles. The number of anilines is 2. The average molecular weight is 344 g/mol. The Hall–Kier alpha value is -2.77. The highest BCUT2D eigenvalue weighted by Crippen LogP contribution is 2.37. The van der Waals surface area contributed by atoms with Crippen LogP contribution >= 0.6 is 0 Å². The molecule has 2 heterocycles. The second-order valence-corrected chi connectivity index (χ2v) is 6.39. The van der Waals surface area contributed by atoms with Crippen molar-refractivity contribution in [2.45, 2.75) is 32.6 Å². The second-order valence-electron chi connectivity index (χ2n) is 6.39. The SMILES string of the molecule is CC(=O)Nc1cccnc1NC(=O)CN1C(=O)C2CCCCC2C1=O. The van der Waals surface area contributed by atoms with Gasteiger partial charge in [0.2, 0.25) is 23.6 Å². The summed E-state index contributed by atoms with van der Waals surface area (Å²) in [6.07, 6.45) is 4.77. The van der Waals surface area contributed by atoms with Crippen molar-refractivity contribution in [2.24, 2.45) is 11.8 Å². The zero-order valence-corrected chi connectivity index (χ0v) is 13.9. The Morgan fingerprint density at radius 2 is 1.80 bits per heavy atom. The molecule has 0 radical (unpaired) electrons. The molecule has 1 aliphatic heterocycles. The van der Waals surface area contributed by atoms with Crippen LogP contribution in [0.4, 0.5) is 11.5 Å². The molecule has 2 fully saturated rings. The Bertz CT molecular complexity index is 709. The molecular weight excluding hydrogens is 324 g/mol. The maximum atomic E-state index is 12.4. The van der Waals surface area contributed by atoms with Crippen molar-refractivity contribution >= 4 is 35.1 Å². The molecule has 1 aromatic rings. The minimum atomic E-state index is -0.523. The summed E-state index contributed by atoms with van der Waals surface area (Å²) < 4.78 is 0. The lowest BCUT2D eigenvalue weighted by Gasteiger charge is -2.19. The number of amides is 4. The van der Waals surface area contributed by atoms with Gasteiger partial charge < -0.3 is 10.6 Å². The van der Waals surface area contributed by atoms with Gasteiger partial charge in [0, 0.05) is 13.1 Å². The molecule has 3 rings (SSSR count). The number of fused-ring (bicyclic) bond motifs is 1. The van der Waals surface area contributed by atoms with E-state index in [1.807, 2.05) is 0 Å². The number of carbonyl (C=O) groups is 4. The molecule has 1 saturated heterocycles. The van der Waals surface area contributed by atoms with Gasteiger partial charge in [-0.1, -0.05) is 12.8 Å². The van der Waals surface area contributed by atoms with Gasteiger partial charge in [-0.2, -0.15) is 0 Å². The van der Waals surface area contributed by atoms with Gasteiger partial charge in [0.1, 0.15) is 6.54 Å². The van der Waals surface area contributed by atoms with Crippen molar-refractivity contribution in [3.05, 3.63) is 18.3 Å². The molecule has 2 unspecified atom stereocenters. The third kappa shape index (κ3) is 3.52. The summed E-state index contributed by atoms with van der Waals surface area (Å²) in [5.74, 6) is -1.71. The van der Waals surface area contributed by atoms with Crippen LogP contribution in [0.1, 0.15) is 32.6 Å². The van der Waals surface area contributed by atoms with Gasteiger partial charge in [-0.05, 0) is 25.0 Å². The number of pyridine rings is 1. The van der Waals surface area contributed by atoms with Crippen molar-refractivity contribution in [3.8, 4) is 0 Å². The summed E-state index contributed by atoms with van der Waals surface area (Å²) in [5, 5.41) is 5.12. The Morgan fingerprint density at radius 1 is 1.16 bits per heavy atom. The number of hydrogen-bond acceptors (Lipinski definition) is 5. The number of aromatic nitrogens is 1. The fourth-order valence-corrected chi connectivity index (χ4v) is 3.50. The molecule has 0 bridgehead atoms. The Labute approximate surface area is 145 Å². The van der Waals surface area contributed by atoms with Gasteiger partial charge >= 0.3 is 0 Å². The summed E-state index contributed by atoms with van der Waals surface area (Å²) in [5.41, 5.74) is 0.357. The van der Waals surface area contributed by atoms with E-state index in [-0.39, 0.29) is 41.9 Å². The van der Waals surface area contributed by atoms with E-state index in [0.29, 0.717) is 18.5 Å². The molecule has 0 spiro atoms. The smallest absolute Gasteiger partial charge is 0.245 e. The maximum Gasteiger partial charge on any atom is 0.245 e. The number of imide groups is 1. The van der Waals surface area contributed by atoms with Gasteiger partial charge in [0.05, 0.1) is 17.5 Å². The number of nitrogens with one attached hydrogen (secondary N) is 2. The highest BCUT2D eigenvalue weighted by atomic mass is 16.2. The van der Waals surface area contributed by atoms with Crippen molar-refractivity contribution in [2.75, 3.05) is 17.2 Å². The Morgan fingerprint density at radius 3 is 2.40 bits per heavy atom. The normalized spacial score (nSPS) is 22.5. The lowest BCUT2D eigenvalue weighted by Crippen LogP contribution is -2.38. The lowest BCUT2D eigenvalue weighted by molar-refractivity contribution is -0.142.